The Hall–Kier alpha value is -1.30. The van der Waals surface area contributed by atoms with E-state index in [1.807, 2.05) is 0 Å². The summed E-state index contributed by atoms with van der Waals surface area (Å²) in [6.45, 7) is -0.114. The molecule has 0 amide bonds. The largest absolute Gasteiger partial charge is 0.461 e. The lowest BCUT2D eigenvalue weighted by Crippen LogP contribution is -2.05. The average molecular weight is 159 g/mol. The van der Waals surface area contributed by atoms with E-state index in [2.05, 4.69) is 19.7 Å². The van der Waals surface area contributed by atoms with E-state index in [4.69, 9.17) is 5.11 Å². The molecule has 0 saturated heterocycles. The van der Waals surface area contributed by atoms with Crippen molar-refractivity contribution in [3.05, 3.63) is 12.4 Å². The van der Waals surface area contributed by atoms with E-state index in [0.29, 0.717) is 0 Å². The maximum atomic E-state index is 12.2. The smallest absolute Gasteiger partial charge is 0.321 e. The monoisotopic (exact) mass is 159 g/mol. The summed E-state index contributed by atoms with van der Waals surface area (Å²) in [5.74, 6) is 0. The fourth-order valence-electron chi connectivity index (χ4n) is 0.469. The lowest BCUT2D eigenvalue weighted by atomic mass is 10.8. The van der Waals surface area contributed by atoms with E-state index in [0.717, 1.165) is 6.33 Å². The van der Waals surface area contributed by atoms with Gasteiger partial charge in [-0.2, -0.15) is 14.4 Å². The second kappa shape index (κ2) is 3.77. The number of ether oxygens (including phenoxy) is 1. The van der Waals surface area contributed by atoms with Gasteiger partial charge in [0.1, 0.15) is 12.9 Å². The molecule has 1 aromatic rings. The van der Waals surface area contributed by atoms with Crippen LogP contribution < -0.4 is 4.74 Å². The Labute approximate surface area is 61.9 Å². The normalized spacial score (nSPS) is 9.64. The lowest BCUT2D eigenvalue weighted by Gasteiger charge is -1.98. The highest BCUT2D eigenvalue weighted by atomic mass is 19.1. The molecule has 0 aromatic carbocycles. The number of rotatable bonds is 3. The molecule has 0 aliphatic carbocycles. The van der Waals surface area contributed by atoms with Gasteiger partial charge in [0.05, 0.1) is 6.61 Å². The second-order valence-electron chi connectivity index (χ2n) is 1.61. The minimum atomic E-state index is -0.895. The minimum Gasteiger partial charge on any atom is -0.461 e. The fraction of sp³-hybridized carbons (Fsp3) is 0.400. The van der Waals surface area contributed by atoms with Gasteiger partial charge in [0.15, 0.2) is 0 Å². The molecule has 1 aromatic heterocycles. The van der Waals surface area contributed by atoms with E-state index in [9.17, 15) is 4.39 Å². The Morgan fingerprint density at radius 2 is 2.36 bits per heavy atom. The van der Waals surface area contributed by atoms with Gasteiger partial charge in [0.2, 0.25) is 0 Å². The van der Waals surface area contributed by atoms with Crippen LogP contribution in [0.2, 0.25) is 0 Å². The standard InChI is InChI=1S/C5H6FN3O2/c6-4-7-3-8-5(9-4)11-2-1-10/h3,10H,1-2H2. The van der Waals surface area contributed by atoms with Gasteiger partial charge in [-0.1, -0.05) is 0 Å². The third-order valence-electron chi connectivity index (χ3n) is 0.843. The molecule has 60 valence electrons. The quantitative estimate of drug-likeness (QED) is 0.636. The summed E-state index contributed by atoms with van der Waals surface area (Å²) in [7, 11) is 0. The number of nitrogens with zero attached hydrogens (tertiary/aromatic N) is 3. The Balaban J connectivity index is 2.56. The Morgan fingerprint density at radius 1 is 1.55 bits per heavy atom. The second-order valence-corrected chi connectivity index (χ2v) is 1.61. The molecular formula is C5H6FN3O2. The topological polar surface area (TPSA) is 68.1 Å². The molecule has 0 bridgehead atoms. The summed E-state index contributed by atoms with van der Waals surface area (Å²) in [4.78, 5) is 9.79. The van der Waals surface area contributed by atoms with Crippen LogP contribution in [0.3, 0.4) is 0 Å². The number of aliphatic hydroxyl groups is 1. The van der Waals surface area contributed by atoms with E-state index >= 15 is 0 Å². The highest BCUT2D eigenvalue weighted by Crippen LogP contribution is 1.97. The molecule has 0 saturated carbocycles. The van der Waals surface area contributed by atoms with Crippen LogP contribution in [0.1, 0.15) is 0 Å². The summed E-state index contributed by atoms with van der Waals surface area (Å²) < 4.78 is 16.9. The van der Waals surface area contributed by atoms with Crippen LogP contribution in [0.4, 0.5) is 4.39 Å². The zero-order valence-electron chi connectivity index (χ0n) is 5.57. The maximum Gasteiger partial charge on any atom is 0.321 e. The molecule has 0 spiro atoms. The van der Waals surface area contributed by atoms with Crippen molar-refractivity contribution in [2.75, 3.05) is 13.2 Å². The molecule has 1 N–H and O–H groups in total. The molecule has 0 fully saturated rings. The van der Waals surface area contributed by atoms with Crippen LogP contribution in [-0.2, 0) is 0 Å². The highest BCUT2D eigenvalue weighted by Gasteiger charge is 1.98. The Kier molecular flexibility index (Phi) is 2.67. The first-order chi connectivity index (χ1) is 5.33. The fourth-order valence-corrected chi connectivity index (χ4v) is 0.469. The van der Waals surface area contributed by atoms with Crippen LogP contribution in [0.25, 0.3) is 0 Å². The van der Waals surface area contributed by atoms with Crippen LogP contribution in [0.5, 0.6) is 6.01 Å². The van der Waals surface area contributed by atoms with Gasteiger partial charge in [-0.15, -0.1) is 4.98 Å². The Bertz CT molecular complexity index is 233. The molecule has 0 radical (unpaired) electrons. The SMILES string of the molecule is OCCOc1ncnc(F)n1. The summed E-state index contributed by atoms with van der Waals surface area (Å²) in [6, 6.07) is -0.119. The molecule has 0 atom stereocenters. The first-order valence-corrected chi connectivity index (χ1v) is 2.91. The molecule has 0 unspecified atom stereocenters. The third-order valence-corrected chi connectivity index (χ3v) is 0.843. The van der Waals surface area contributed by atoms with Crippen molar-refractivity contribution in [3.8, 4) is 6.01 Å². The minimum absolute atomic E-state index is 0.0451. The van der Waals surface area contributed by atoms with Crippen molar-refractivity contribution in [2.24, 2.45) is 0 Å². The molecule has 5 nitrogen and oxygen atoms in total. The molecule has 11 heavy (non-hydrogen) atoms. The third kappa shape index (κ3) is 2.42. The molecule has 1 heterocycles. The molecule has 6 heteroatoms. The first-order valence-electron chi connectivity index (χ1n) is 2.91. The summed E-state index contributed by atoms with van der Waals surface area (Å²) in [5, 5.41) is 8.31. The van der Waals surface area contributed by atoms with Crippen molar-refractivity contribution in [3.63, 3.8) is 0 Å². The van der Waals surface area contributed by atoms with Crippen molar-refractivity contribution in [2.45, 2.75) is 0 Å². The molecule has 0 aliphatic rings. The first kappa shape index (κ1) is 7.80. The molecular weight excluding hydrogens is 153 g/mol. The van der Waals surface area contributed by atoms with Gasteiger partial charge in [0.25, 0.3) is 0 Å². The van der Waals surface area contributed by atoms with Gasteiger partial charge in [0, 0.05) is 0 Å². The number of aliphatic hydroxyl groups excluding tert-OH is 1. The predicted octanol–water partition coefficient (Wildman–Crippen LogP) is -0.618. The summed E-state index contributed by atoms with van der Waals surface area (Å²) in [6.07, 6.45) is 0.0997. The van der Waals surface area contributed by atoms with Gasteiger partial charge in [-0.25, -0.2) is 0 Å². The van der Waals surface area contributed by atoms with Gasteiger partial charge in [-0.05, 0) is 0 Å². The van der Waals surface area contributed by atoms with Gasteiger partial charge in [-0.3, -0.25) is 0 Å². The Morgan fingerprint density at radius 3 is 3.00 bits per heavy atom. The van der Waals surface area contributed by atoms with Crippen molar-refractivity contribution < 1.29 is 14.2 Å². The number of hydrogen-bond acceptors (Lipinski definition) is 5. The van der Waals surface area contributed by atoms with E-state index in [-0.39, 0.29) is 19.2 Å². The van der Waals surface area contributed by atoms with Crippen LogP contribution in [-0.4, -0.2) is 33.3 Å². The number of halogens is 1. The van der Waals surface area contributed by atoms with E-state index in [1.54, 1.807) is 0 Å². The number of aromatic nitrogens is 3. The van der Waals surface area contributed by atoms with Crippen LogP contribution >= 0.6 is 0 Å². The van der Waals surface area contributed by atoms with Gasteiger partial charge < -0.3 is 9.84 Å². The van der Waals surface area contributed by atoms with Crippen molar-refractivity contribution in [1.29, 1.82) is 0 Å². The van der Waals surface area contributed by atoms with E-state index in [1.165, 1.54) is 0 Å². The molecule has 1 rings (SSSR count). The van der Waals surface area contributed by atoms with E-state index < -0.39 is 6.08 Å². The lowest BCUT2D eigenvalue weighted by molar-refractivity contribution is 0.189. The maximum absolute atomic E-state index is 12.2. The zero-order chi connectivity index (χ0) is 8.10. The summed E-state index contributed by atoms with van der Waals surface area (Å²) in [5.41, 5.74) is 0. The summed E-state index contributed by atoms with van der Waals surface area (Å²) >= 11 is 0. The van der Waals surface area contributed by atoms with Crippen LogP contribution in [0, 0.1) is 6.08 Å². The van der Waals surface area contributed by atoms with Crippen molar-refractivity contribution in [1.82, 2.24) is 15.0 Å². The number of hydrogen-bond donors (Lipinski definition) is 1. The average Bonchev–Trinajstić information content (AvgIpc) is 2.01. The predicted molar refractivity (Wildman–Crippen MR) is 32.4 cm³/mol. The van der Waals surface area contributed by atoms with Crippen LogP contribution in [0.15, 0.2) is 6.33 Å². The zero-order valence-corrected chi connectivity index (χ0v) is 5.57. The highest BCUT2D eigenvalue weighted by molar-refractivity contribution is 4.87. The van der Waals surface area contributed by atoms with Crippen molar-refractivity contribution >= 4 is 0 Å². The van der Waals surface area contributed by atoms with Gasteiger partial charge >= 0.3 is 12.1 Å². The molecule has 0 aliphatic heterocycles.